The van der Waals surface area contributed by atoms with Gasteiger partial charge in [0.25, 0.3) is 5.91 Å². The molecular weight excluding hydrogens is 364 g/mol. The number of anilines is 1. The summed E-state index contributed by atoms with van der Waals surface area (Å²) in [7, 11) is 1.72. The van der Waals surface area contributed by atoms with Crippen molar-refractivity contribution in [3.63, 3.8) is 0 Å². The van der Waals surface area contributed by atoms with Gasteiger partial charge in [0.05, 0.1) is 0 Å². The van der Waals surface area contributed by atoms with E-state index in [1.54, 1.807) is 18.0 Å². The van der Waals surface area contributed by atoms with E-state index in [1.807, 2.05) is 67.6 Å². The molecule has 0 saturated carbocycles. The maximum Gasteiger partial charge on any atom is 0.274 e. The third-order valence-electron chi connectivity index (χ3n) is 4.74. The molecule has 0 bridgehead atoms. The molecule has 0 radical (unpaired) electrons. The second-order valence-electron chi connectivity index (χ2n) is 6.88. The molecule has 29 heavy (non-hydrogen) atoms. The Balaban J connectivity index is 1.62. The van der Waals surface area contributed by atoms with Crippen LogP contribution in [0.5, 0.6) is 0 Å². The molecule has 1 heterocycles. The Morgan fingerprint density at radius 3 is 2.24 bits per heavy atom. The van der Waals surface area contributed by atoms with Gasteiger partial charge in [-0.2, -0.15) is 5.10 Å². The predicted molar refractivity (Wildman–Crippen MR) is 113 cm³/mol. The number of benzene rings is 2. The van der Waals surface area contributed by atoms with Gasteiger partial charge in [0.1, 0.15) is 5.82 Å². The molecule has 1 aromatic heterocycles. The van der Waals surface area contributed by atoms with Gasteiger partial charge in [0, 0.05) is 32.6 Å². The molecule has 6 heteroatoms. The smallest absolute Gasteiger partial charge is 0.274 e. The highest BCUT2D eigenvalue weighted by Crippen LogP contribution is 2.14. The van der Waals surface area contributed by atoms with Crippen molar-refractivity contribution < 1.29 is 9.59 Å². The molecule has 0 fully saturated rings. The van der Waals surface area contributed by atoms with E-state index < -0.39 is 0 Å². The molecule has 0 aliphatic carbocycles. The van der Waals surface area contributed by atoms with Gasteiger partial charge in [-0.15, -0.1) is 0 Å². The standard InChI is InChI=1S/C23H26N4O2/c1-3-27(17-19-12-8-5-9-13-19)23(29)20-16-21(26(2)25-20)24-22(28)15-14-18-10-6-4-7-11-18/h4-13,16H,3,14-15,17H2,1-2H3,(H,24,28). The fraction of sp³-hybridized carbons (Fsp3) is 0.261. The van der Waals surface area contributed by atoms with E-state index in [1.165, 1.54) is 4.68 Å². The zero-order valence-electron chi connectivity index (χ0n) is 16.8. The summed E-state index contributed by atoms with van der Waals surface area (Å²) < 4.78 is 1.53. The molecule has 0 atom stereocenters. The lowest BCUT2D eigenvalue weighted by Crippen LogP contribution is -2.30. The average Bonchev–Trinajstić information content (AvgIpc) is 3.11. The van der Waals surface area contributed by atoms with Crippen LogP contribution < -0.4 is 5.32 Å². The van der Waals surface area contributed by atoms with E-state index >= 15 is 0 Å². The first-order chi connectivity index (χ1) is 14.1. The number of carbonyl (C=O) groups is 2. The molecule has 0 spiro atoms. The van der Waals surface area contributed by atoms with Gasteiger partial charge < -0.3 is 10.2 Å². The van der Waals surface area contributed by atoms with Crippen LogP contribution in [0.4, 0.5) is 5.82 Å². The van der Waals surface area contributed by atoms with Crippen LogP contribution in [-0.4, -0.2) is 33.0 Å². The molecule has 2 aromatic carbocycles. The number of nitrogens with zero attached hydrogens (tertiary/aromatic N) is 3. The van der Waals surface area contributed by atoms with Crippen LogP contribution in [0, 0.1) is 0 Å². The molecule has 0 aliphatic heterocycles. The van der Waals surface area contributed by atoms with Crippen LogP contribution in [0.2, 0.25) is 0 Å². The Bertz CT molecular complexity index is 952. The monoisotopic (exact) mass is 390 g/mol. The highest BCUT2D eigenvalue weighted by molar-refractivity contribution is 5.95. The van der Waals surface area contributed by atoms with Crippen LogP contribution in [0.3, 0.4) is 0 Å². The number of aromatic nitrogens is 2. The first kappa shape index (κ1) is 20.3. The molecule has 1 N–H and O–H groups in total. The van der Waals surface area contributed by atoms with Gasteiger partial charge in [0.15, 0.2) is 5.69 Å². The quantitative estimate of drug-likeness (QED) is 0.638. The van der Waals surface area contributed by atoms with Crippen molar-refractivity contribution in [2.45, 2.75) is 26.3 Å². The molecule has 6 nitrogen and oxygen atoms in total. The SMILES string of the molecule is CCN(Cc1ccccc1)C(=O)c1cc(NC(=O)CCc2ccccc2)n(C)n1. The zero-order chi connectivity index (χ0) is 20.6. The van der Waals surface area contributed by atoms with E-state index in [4.69, 9.17) is 0 Å². The van der Waals surface area contributed by atoms with E-state index in [0.717, 1.165) is 11.1 Å². The van der Waals surface area contributed by atoms with E-state index in [2.05, 4.69) is 10.4 Å². The fourth-order valence-electron chi connectivity index (χ4n) is 3.09. The maximum absolute atomic E-state index is 12.9. The second-order valence-corrected chi connectivity index (χ2v) is 6.88. The number of rotatable bonds is 8. The molecule has 0 aliphatic rings. The Labute approximate surface area is 171 Å². The topological polar surface area (TPSA) is 67.2 Å². The van der Waals surface area contributed by atoms with Gasteiger partial charge in [-0.1, -0.05) is 60.7 Å². The number of aryl methyl sites for hydroxylation is 2. The molecule has 3 rings (SSSR count). The lowest BCUT2D eigenvalue weighted by molar-refractivity contribution is -0.116. The minimum Gasteiger partial charge on any atom is -0.333 e. The third-order valence-corrected chi connectivity index (χ3v) is 4.74. The van der Waals surface area contributed by atoms with Crippen LogP contribution >= 0.6 is 0 Å². The summed E-state index contributed by atoms with van der Waals surface area (Å²) in [6, 6.07) is 21.4. The Morgan fingerprint density at radius 1 is 1.00 bits per heavy atom. The van der Waals surface area contributed by atoms with Gasteiger partial charge in [-0.3, -0.25) is 14.3 Å². The first-order valence-corrected chi connectivity index (χ1v) is 9.78. The van der Waals surface area contributed by atoms with Crippen molar-refractivity contribution >= 4 is 17.6 Å². The summed E-state index contributed by atoms with van der Waals surface area (Å²) in [5.41, 5.74) is 2.50. The number of amides is 2. The summed E-state index contributed by atoms with van der Waals surface area (Å²) in [4.78, 5) is 26.9. The Morgan fingerprint density at radius 2 is 1.62 bits per heavy atom. The van der Waals surface area contributed by atoms with Crippen LogP contribution in [0.15, 0.2) is 66.7 Å². The number of hydrogen-bond acceptors (Lipinski definition) is 3. The van der Waals surface area contributed by atoms with Crippen molar-refractivity contribution in [1.82, 2.24) is 14.7 Å². The van der Waals surface area contributed by atoms with Gasteiger partial charge in [0.2, 0.25) is 5.91 Å². The third kappa shape index (κ3) is 5.54. The largest absolute Gasteiger partial charge is 0.333 e. The number of nitrogens with one attached hydrogen (secondary N) is 1. The molecule has 0 unspecified atom stereocenters. The predicted octanol–water partition coefficient (Wildman–Crippen LogP) is 3.65. The van der Waals surface area contributed by atoms with Crippen LogP contribution in [-0.2, 0) is 24.8 Å². The Kier molecular flexibility index (Phi) is 6.79. The molecule has 0 saturated heterocycles. The maximum atomic E-state index is 12.9. The van der Waals surface area contributed by atoms with Crippen LogP contribution in [0.25, 0.3) is 0 Å². The average molecular weight is 390 g/mol. The van der Waals surface area contributed by atoms with Crippen molar-refractivity contribution in [3.05, 3.63) is 83.6 Å². The lowest BCUT2D eigenvalue weighted by atomic mass is 10.1. The van der Waals surface area contributed by atoms with Crippen molar-refractivity contribution in [1.29, 1.82) is 0 Å². The Hall–Kier alpha value is -3.41. The van der Waals surface area contributed by atoms with Gasteiger partial charge in [-0.25, -0.2) is 0 Å². The summed E-state index contributed by atoms with van der Waals surface area (Å²) >= 11 is 0. The van der Waals surface area contributed by atoms with Crippen molar-refractivity contribution in [3.8, 4) is 0 Å². The number of hydrogen-bond donors (Lipinski definition) is 1. The molecule has 2 amide bonds. The van der Waals surface area contributed by atoms with Gasteiger partial charge >= 0.3 is 0 Å². The number of carbonyl (C=O) groups excluding carboxylic acids is 2. The van der Waals surface area contributed by atoms with E-state index in [0.29, 0.717) is 37.4 Å². The van der Waals surface area contributed by atoms with Crippen LogP contribution in [0.1, 0.15) is 35.0 Å². The molecule has 150 valence electrons. The minimum atomic E-state index is -0.156. The highest BCUT2D eigenvalue weighted by Gasteiger charge is 2.19. The second kappa shape index (κ2) is 9.68. The van der Waals surface area contributed by atoms with E-state index in [9.17, 15) is 9.59 Å². The minimum absolute atomic E-state index is 0.104. The lowest BCUT2D eigenvalue weighted by Gasteiger charge is -2.19. The normalized spacial score (nSPS) is 10.6. The van der Waals surface area contributed by atoms with Gasteiger partial charge in [-0.05, 0) is 24.5 Å². The first-order valence-electron chi connectivity index (χ1n) is 9.78. The summed E-state index contributed by atoms with van der Waals surface area (Å²) in [6.45, 7) is 3.03. The summed E-state index contributed by atoms with van der Waals surface area (Å²) in [5.74, 6) is 0.256. The van der Waals surface area contributed by atoms with Crippen molar-refractivity contribution in [2.24, 2.45) is 7.05 Å². The van der Waals surface area contributed by atoms with Crippen molar-refractivity contribution in [2.75, 3.05) is 11.9 Å². The highest BCUT2D eigenvalue weighted by atomic mass is 16.2. The molecular formula is C23H26N4O2. The van der Waals surface area contributed by atoms with E-state index in [-0.39, 0.29) is 11.8 Å². The zero-order valence-corrected chi connectivity index (χ0v) is 16.8. The fourth-order valence-corrected chi connectivity index (χ4v) is 3.09. The summed E-state index contributed by atoms with van der Waals surface area (Å²) in [5, 5.41) is 7.16. The summed E-state index contributed by atoms with van der Waals surface area (Å²) in [6.07, 6.45) is 1.03. The molecule has 3 aromatic rings.